The Morgan fingerprint density at radius 3 is 2.41 bits per heavy atom. The Morgan fingerprint density at radius 1 is 1.32 bits per heavy atom. The first-order chi connectivity index (χ1) is 10.2. The topological polar surface area (TPSA) is 81.1 Å². The van der Waals surface area contributed by atoms with Crippen molar-refractivity contribution in [2.45, 2.75) is 65.1 Å². The molecule has 0 radical (unpaired) electrons. The number of nitrogens with zero attached hydrogens (tertiary/aromatic N) is 3. The summed E-state index contributed by atoms with van der Waals surface area (Å²) in [5.74, 6) is 0. The van der Waals surface area contributed by atoms with E-state index in [0.717, 1.165) is 18.5 Å². The second kappa shape index (κ2) is 7.58. The molecular weight excluding hydrogens is 282 g/mol. The highest BCUT2D eigenvalue weighted by Gasteiger charge is 2.27. The van der Waals surface area contributed by atoms with E-state index >= 15 is 0 Å². The number of nitrogens with one attached hydrogen (secondary N) is 2. The van der Waals surface area contributed by atoms with Crippen LogP contribution in [-0.4, -0.2) is 38.8 Å². The van der Waals surface area contributed by atoms with Crippen LogP contribution in [0.3, 0.4) is 0 Å². The zero-order valence-electron chi connectivity index (χ0n) is 14.6. The quantitative estimate of drug-likeness (QED) is 0.805. The molecule has 7 nitrogen and oxygen atoms in total. The number of carbonyl (C=O) groups excluding carboxylic acids is 1. The fourth-order valence-electron chi connectivity index (χ4n) is 2.12. The molecule has 1 aromatic rings. The largest absolute Gasteiger partial charge is 0.444 e. The third-order valence-electron chi connectivity index (χ3n) is 3.62. The Hall–Kier alpha value is -1.63. The van der Waals surface area contributed by atoms with Crippen LogP contribution in [0.4, 0.5) is 4.79 Å². The summed E-state index contributed by atoms with van der Waals surface area (Å²) in [6, 6.07) is 0. The molecule has 0 saturated carbocycles. The van der Waals surface area contributed by atoms with Crippen molar-refractivity contribution in [1.29, 1.82) is 0 Å². The second-order valence-corrected chi connectivity index (χ2v) is 6.58. The van der Waals surface area contributed by atoms with Gasteiger partial charge in [0, 0.05) is 31.9 Å². The molecule has 0 aromatic carbocycles. The molecule has 126 valence electrons. The highest BCUT2D eigenvalue weighted by atomic mass is 16.6. The summed E-state index contributed by atoms with van der Waals surface area (Å²) in [6.45, 7) is 10.9. The van der Waals surface area contributed by atoms with Crippen LogP contribution in [0.1, 0.15) is 53.2 Å². The minimum atomic E-state index is -0.488. The smallest absolute Gasteiger partial charge is 0.407 e. The minimum Gasteiger partial charge on any atom is -0.444 e. The number of amides is 1. The molecule has 0 aliphatic rings. The first-order valence-corrected chi connectivity index (χ1v) is 7.77. The Bertz CT molecular complexity index is 475. The molecule has 2 N–H and O–H groups in total. The van der Waals surface area contributed by atoms with Crippen LogP contribution in [0.2, 0.25) is 0 Å². The second-order valence-electron chi connectivity index (χ2n) is 6.58. The van der Waals surface area contributed by atoms with Gasteiger partial charge < -0.3 is 15.4 Å². The summed E-state index contributed by atoms with van der Waals surface area (Å²) >= 11 is 0. The van der Waals surface area contributed by atoms with E-state index in [1.165, 1.54) is 0 Å². The Morgan fingerprint density at radius 2 is 1.95 bits per heavy atom. The molecule has 7 heteroatoms. The molecule has 1 rings (SSSR count). The molecular formula is C15H29N5O2. The lowest BCUT2D eigenvalue weighted by atomic mass is 9.92. The zero-order valence-corrected chi connectivity index (χ0v) is 14.6. The molecule has 1 heterocycles. The Balaban J connectivity index is 2.56. The maximum absolute atomic E-state index is 11.8. The summed E-state index contributed by atoms with van der Waals surface area (Å²) in [6.07, 6.45) is 3.27. The molecule has 0 spiro atoms. The van der Waals surface area contributed by atoms with E-state index in [4.69, 9.17) is 4.74 Å². The molecule has 0 unspecified atom stereocenters. The average Bonchev–Trinajstić information content (AvgIpc) is 2.84. The van der Waals surface area contributed by atoms with Gasteiger partial charge in [-0.25, -0.2) is 4.79 Å². The lowest BCUT2D eigenvalue weighted by Crippen LogP contribution is -2.53. The lowest BCUT2D eigenvalue weighted by Gasteiger charge is -2.33. The van der Waals surface area contributed by atoms with Crippen molar-refractivity contribution in [1.82, 2.24) is 25.6 Å². The molecule has 0 fully saturated rings. The van der Waals surface area contributed by atoms with Gasteiger partial charge in [0.25, 0.3) is 0 Å². The van der Waals surface area contributed by atoms with E-state index in [1.807, 2.05) is 34.0 Å². The van der Waals surface area contributed by atoms with Gasteiger partial charge in [-0.05, 0) is 33.6 Å². The Labute approximate surface area is 132 Å². The normalized spacial score (nSPS) is 12.3. The van der Waals surface area contributed by atoms with E-state index in [1.54, 1.807) is 4.68 Å². The number of aryl methyl sites for hydroxylation is 1. The van der Waals surface area contributed by atoms with Gasteiger partial charge in [-0.2, -0.15) is 0 Å². The number of ether oxygens (including phenoxy) is 1. The van der Waals surface area contributed by atoms with Gasteiger partial charge in [0.2, 0.25) is 0 Å². The number of hydrogen-bond donors (Lipinski definition) is 2. The van der Waals surface area contributed by atoms with Gasteiger partial charge in [0.15, 0.2) is 0 Å². The number of rotatable bonds is 7. The fraction of sp³-hybridized carbons (Fsp3) is 0.800. The van der Waals surface area contributed by atoms with Crippen molar-refractivity contribution in [3.8, 4) is 0 Å². The van der Waals surface area contributed by atoms with E-state index in [0.29, 0.717) is 13.1 Å². The van der Waals surface area contributed by atoms with Gasteiger partial charge in [-0.1, -0.05) is 19.1 Å². The van der Waals surface area contributed by atoms with Crippen LogP contribution in [0.5, 0.6) is 0 Å². The molecule has 0 saturated heterocycles. The van der Waals surface area contributed by atoms with Crippen LogP contribution in [0.25, 0.3) is 0 Å². The minimum absolute atomic E-state index is 0.186. The van der Waals surface area contributed by atoms with Gasteiger partial charge in [0.1, 0.15) is 5.60 Å². The summed E-state index contributed by atoms with van der Waals surface area (Å²) in [5.41, 5.74) is 0.207. The van der Waals surface area contributed by atoms with E-state index in [2.05, 4.69) is 34.8 Å². The average molecular weight is 311 g/mol. The number of hydrogen-bond acceptors (Lipinski definition) is 5. The van der Waals surface area contributed by atoms with Crippen LogP contribution < -0.4 is 10.6 Å². The van der Waals surface area contributed by atoms with Crippen molar-refractivity contribution in [3.63, 3.8) is 0 Å². The monoisotopic (exact) mass is 311 g/mol. The van der Waals surface area contributed by atoms with Crippen LogP contribution in [0.15, 0.2) is 6.20 Å². The van der Waals surface area contributed by atoms with Crippen molar-refractivity contribution in [2.24, 2.45) is 7.05 Å². The molecule has 1 amide bonds. The maximum atomic E-state index is 11.8. The van der Waals surface area contributed by atoms with Crippen LogP contribution in [-0.2, 0) is 18.3 Å². The standard InChI is InChI=1S/C15H29N5O2/c1-7-15(8-2,11-16-13(21)22-14(3,4)5)17-9-12-10-20(6)19-18-12/h10,17H,7-9,11H2,1-6H3,(H,16,21). The van der Waals surface area contributed by atoms with E-state index in [9.17, 15) is 4.79 Å². The molecule has 1 aromatic heterocycles. The van der Waals surface area contributed by atoms with Gasteiger partial charge in [-0.15, -0.1) is 5.10 Å². The highest BCUT2D eigenvalue weighted by Crippen LogP contribution is 2.15. The van der Waals surface area contributed by atoms with Gasteiger partial charge in [-0.3, -0.25) is 4.68 Å². The van der Waals surface area contributed by atoms with Crippen molar-refractivity contribution < 1.29 is 9.53 Å². The summed E-state index contributed by atoms with van der Waals surface area (Å²) < 4.78 is 6.96. The Kier molecular flexibility index (Phi) is 6.34. The first-order valence-electron chi connectivity index (χ1n) is 7.77. The van der Waals surface area contributed by atoms with E-state index in [-0.39, 0.29) is 11.6 Å². The molecule has 0 aliphatic heterocycles. The van der Waals surface area contributed by atoms with Crippen LogP contribution >= 0.6 is 0 Å². The van der Waals surface area contributed by atoms with Crippen molar-refractivity contribution in [3.05, 3.63) is 11.9 Å². The highest BCUT2D eigenvalue weighted by molar-refractivity contribution is 5.67. The zero-order chi connectivity index (χ0) is 16.8. The third-order valence-corrected chi connectivity index (χ3v) is 3.62. The maximum Gasteiger partial charge on any atom is 0.407 e. The number of alkyl carbamates (subject to hydrolysis) is 1. The summed E-state index contributed by atoms with van der Waals surface area (Å²) in [7, 11) is 1.84. The molecule has 0 bridgehead atoms. The summed E-state index contributed by atoms with van der Waals surface area (Å²) in [4.78, 5) is 11.8. The number of aromatic nitrogens is 3. The summed E-state index contributed by atoms with van der Waals surface area (Å²) in [5, 5.41) is 14.3. The van der Waals surface area contributed by atoms with Crippen molar-refractivity contribution in [2.75, 3.05) is 6.54 Å². The lowest BCUT2D eigenvalue weighted by molar-refractivity contribution is 0.0507. The third kappa shape index (κ3) is 6.01. The number of carbonyl (C=O) groups is 1. The predicted octanol–water partition coefficient (Wildman–Crippen LogP) is 1.99. The van der Waals surface area contributed by atoms with Gasteiger partial charge >= 0.3 is 6.09 Å². The SMILES string of the molecule is CCC(CC)(CNC(=O)OC(C)(C)C)NCc1cn(C)nn1. The van der Waals surface area contributed by atoms with Gasteiger partial charge in [0.05, 0.1) is 5.69 Å². The fourth-order valence-corrected chi connectivity index (χ4v) is 2.12. The van der Waals surface area contributed by atoms with Crippen LogP contribution in [0, 0.1) is 0 Å². The predicted molar refractivity (Wildman–Crippen MR) is 85.4 cm³/mol. The van der Waals surface area contributed by atoms with E-state index < -0.39 is 5.60 Å². The molecule has 0 aliphatic carbocycles. The molecule has 0 atom stereocenters. The molecule has 22 heavy (non-hydrogen) atoms. The van der Waals surface area contributed by atoms with Crippen molar-refractivity contribution >= 4 is 6.09 Å². The first kappa shape index (κ1) is 18.4.